The van der Waals surface area contributed by atoms with Crippen molar-refractivity contribution in [2.75, 3.05) is 24.9 Å². The van der Waals surface area contributed by atoms with E-state index < -0.39 is 23.9 Å². The zero-order valence-electron chi connectivity index (χ0n) is 18.6. The number of methoxy groups -OCH3 is 2. The minimum Gasteiger partial charge on any atom is -0.472 e. The van der Waals surface area contributed by atoms with Gasteiger partial charge in [-0.25, -0.2) is 14.6 Å². The number of hydrogen-bond donors (Lipinski definition) is 2. The number of fused-ring (bicyclic) bond motifs is 1. The molecule has 2 N–H and O–H groups in total. The Hall–Kier alpha value is -3.82. The van der Waals surface area contributed by atoms with Crippen LogP contribution in [0.5, 0.6) is 0 Å². The van der Waals surface area contributed by atoms with Crippen molar-refractivity contribution in [3.05, 3.63) is 42.1 Å². The lowest BCUT2D eigenvalue weighted by Crippen LogP contribution is -2.27. The molecule has 0 fully saturated rings. The normalized spacial score (nSPS) is 11.9. The number of furan rings is 1. The smallest absolute Gasteiger partial charge is 0.356 e. The highest BCUT2D eigenvalue weighted by Crippen LogP contribution is 2.33. The summed E-state index contributed by atoms with van der Waals surface area (Å²) < 4.78 is 16.5. The molecular weight excluding hydrogens is 416 g/mol. The molecule has 3 aromatic heterocycles. The molecule has 0 spiro atoms. The molecule has 0 aliphatic heterocycles. The molecule has 3 heterocycles. The number of rotatable bonds is 8. The third kappa shape index (κ3) is 4.58. The molecule has 0 unspecified atom stereocenters. The Balaban J connectivity index is 2.17. The predicted octanol–water partition coefficient (Wildman–Crippen LogP) is 3.30. The molecular formula is C22H26N4O6. The zero-order valence-corrected chi connectivity index (χ0v) is 18.6. The Bertz CT molecular complexity index is 1130. The molecule has 0 saturated heterocycles. The molecule has 1 amide bonds. The number of aromatic nitrogens is 2. The Morgan fingerprint density at radius 2 is 1.94 bits per heavy atom. The largest absolute Gasteiger partial charge is 0.472 e. The summed E-state index contributed by atoms with van der Waals surface area (Å²) in [6, 6.07) is 2.61. The number of hydrogen-bond acceptors (Lipinski definition) is 8. The molecule has 0 aliphatic carbocycles. The van der Waals surface area contributed by atoms with E-state index in [4.69, 9.17) is 13.9 Å². The second-order valence-corrected chi connectivity index (χ2v) is 7.67. The van der Waals surface area contributed by atoms with E-state index in [2.05, 4.69) is 15.6 Å². The van der Waals surface area contributed by atoms with Gasteiger partial charge in [0.2, 0.25) is 0 Å². The van der Waals surface area contributed by atoms with E-state index in [9.17, 15) is 14.4 Å². The van der Waals surface area contributed by atoms with Crippen molar-refractivity contribution in [1.82, 2.24) is 9.55 Å². The number of esters is 2. The van der Waals surface area contributed by atoms with E-state index in [0.29, 0.717) is 28.8 Å². The van der Waals surface area contributed by atoms with E-state index >= 15 is 0 Å². The zero-order chi connectivity index (χ0) is 23.4. The Morgan fingerprint density at radius 3 is 2.53 bits per heavy atom. The van der Waals surface area contributed by atoms with Gasteiger partial charge >= 0.3 is 11.9 Å². The molecule has 10 nitrogen and oxygen atoms in total. The number of carbonyl (C=O) groups excluding carboxylic acids is 3. The lowest BCUT2D eigenvalue weighted by atomic mass is 10.2. The van der Waals surface area contributed by atoms with E-state index in [-0.39, 0.29) is 17.3 Å². The highest BCUT2D eigenvalue weighted by molar-refractivity contribution is 6.14. The molecule has 0 aliphatic rings. The number of ether oxygens (including phenoxy) is 2. The second kappa shape index (κ2) is 9.54. The number of amides is 1. The Kier molecular flexibility index (Phi) is 6.82. The van der Waals surface area contributed by atoms with Crippen LogP contribution in [0.1, 0.15) is 41.6 Å². The summed E-state index contributed by atoms with van der Waals surface area (Å²) in [4.78, 5) is 41.8. The fraction of sp³-hybridized carbons (Fsp3) is 0.364. The van der Waals surface area contributed by atoms with E-state index in [1.54, 1.807) is 23.8 Å². The van der Waals surface area contributed by atoms with Crippen LogP contribution in [-0.2, 0) is 20.8 Å². The molecule has 0 bridgehead atoms. The van der Waals surface area contributed by atoms with Gasteiger partial charge in [-0.1, -0.05) is 13.8 Å². The quantitative estimate of drug-likeness (QED) is 0.509. The van der Waals surface area contributed by atoms with Crippen LogP contribution in [0, 0.1) is 5.92 Å². The predicted molar refractivity (Wildman–Crippen MR) is 118 cm³/mol. The second-order valence-electron chi connectivity index (χ2n) is 7.67. The van der Waals surface area contributed by atoms with Crippen LogP contribution in [-0.4, -0.2) is 47.7 Å². The van der Waals surface area contributed by atoms with Gasteiger partial charge < -0.3 is 29.1 Å². The van der Waals surface area contributed by atoms with E-state index in [1.807, 2.05) is 13.8 Å². The third-order valence-corrected chi connectivity index (χ3v) is 4.78. The van der Waals surface area contributed by atoms with Gasteiger partial charge in [-0.2, -0.15) is 0 Å². The first kappa shape index (κ1) is 22.9. The molecule has 3 aromatic rings. The summed E-state index contributed by atoms with van der Waals surface area (Å²) in [6.45, 7) is 6.14. The number of anilines is 2. The number of pyridine rings is 1. The summed E-state index contributed by atoms with van der Waals surface area (Å²) in [5, 5.41) is 6.33. The van der Waals surface area contributed by atoms with Gasteiger partial charge in [-0.3, -0.25) is 4.79 Å². The van der Waals surface area contributed by atoms with Gasteiger partial charge in [0.05, 0.1) is 43.6 Å². The highest BCUT2D eigenvalue weighted by atomic mass is 16.5. The van der Waals surface area contributed by atoms with Crippen LogP contribution in [0.15, 0.2) is 35.3 Å². The fourth-order valence-corrected chi connectivity index (χ4v) is 3.35. The van der Waals surface area contributed by atoms with Crippen LogP contribution in [0.3, 0.4) is 0 Å². The first-order valence-electron chi connectivity index (χ1n) is 10.0. The lowest BCUT2D eigenvalue weighted by molar-refractivity contribution is -0.141. The summed E-state index contributed by atoms with van der Waals surface area (Å²) >= 11 is 0. The molecule has 170 valence electrons. The van der Waals surface area contributed by atoms with Crippen molar-refractivity contribution in [3.8, 4) is 0 Å². The average molecular weight is 442 g/mol. The Labute approximate surface area is 184 Å². The van der Waals surface area contributed by atoms with Crippen LogP contribution in [0.4, 0.5) is 11.4 Å². The van der Waals surface area contributed by atoms with Crippen molar-refractivity contribution >= 4 is 40.3 Å². The molecule has 0 radical (unpaired) electrons. The van der Waals surface area contributed by atoms with E-state index in [0.717, 1.165) is 0 Å². The van der Waals surface area contributed by atoms with Crippen molar-refractivity contribution < 1.29 is 28.3 Å². The van der Waals surface area contributed by atoms with Gasteiger partial charge in [0, 0.05) is 11.9 Å². The summed E-state index contributed by atoms with van der Waals surface area (Å²) in [5.74, 6) is -1.31. The first-order valence-corrected chi connectivity index (χ1v) is 10.0. The minimum atomic E-state index is -0.624. The minimum absolute atomic E-state index is 0.179. The number of nitrogens with zero attached hydrogens (tertiary/aromatic N) is 2. The lowest BCUT2D eigenvalue weighted by Gasteiger charge is -2.13. The highest BCUT2D eigenvalue weighted by Gasteiger charge is 2.27. The topological polar surface area (TPSA) is 125 Å². The summed E-state index contributed by atoms with van der Waals surface area (Å²) in [7, 11) is 2.58. The SMILES string of the molecule is COC(=O)c1c(NC(=O)c2ccoc2)c2cc(N[C@H](C)C(=O)OC)cnc2n1CC(C)C. The average Bonchev–Trinajstić information content (AvgIpc) is 3.40. The van der Waals surface area contributed by atoms with Crippen LogP contribution in [0.2, 0.25) is 0 Å². The monoisotopic (exact) mass is 442 g/mol. The van der Waals surface area contributed by atoms with Gasteiger partial charge in [0.15, 0.2) is 5.69 Å². The van der Waals surface area contributed by atoms with Gasteiger partial charge in [-0.15, -0.1) is 0 Å². The maximum atomic E-state index is 12.8. The van der Waals surface area contributed by atoms with Crippen molar-refractivity contribution in [1.29, 1.82) is 0 Å². The van der Waals surface area contributed by atoms with E-state index in [1.165, 1.54) is 32.8 Å². The van der Waals surface area contributed by atoms with Crippen molar-refractivity contribution in [2.45, 2.75) is 33.4 Å². The summed E-state index contributed by atoms with van der Waals surface area (Å²) in [6.07, 6.45) is 4.25. The van der Waals surface area contributed by atoms with Crippen molar-refractivity contribution in [2.24, 2.45) is 5.92 Å². The van der Waals surface area contributed by atoms with Crippen molar-refractivity contribution in [3.63, 3.8) is 0 Å². The molecule has 3 rings (SSSR count). The van der Waals surface area contributed by atoms with Crippen LogP contribution >= 0.6 is 0 Å². The first-order chi connectivity index (χ1) is 15.3. The standard InChI is InChI=1S/C22H26N4O6/c1-12(2)10-26-18(22(29)31-5)17(25-20(27)14-6-7-32-11-14)16-8-15(9-23-19(16)26)24-13(3)21(28)30-4/h6-9,11-13,24H,10H2,1-5H3,(H,25,27)/t13-/m1/s1. The van der Waals surface area contributed by atoms with Crippen LogP contribution in [0.25, 0.3) is 11.0 Å². The maximum absolute atomic E-state index is 12.8. The molecule has 10 heteroatoms. The molecule has 0 saturated carbocycles. The third-order valence-electron chi connectivity index (χ3n) is 4.78. The van der Waals surface area contributed by atoms with Gasteiger partial charge in [-0.05, 0) is 25.0 Å². The number of carbonyl (C=O) groups is 3. The Morgan fingerprint density at radius 1 is 1.19 bits per heavy atom. The molecule has 0 aromatic carbocycles. The fourth-order valence-electron chi connectivity index (χ4n) is 3.35. The molecule has 32 heavy (non-hydrogen) atoms. The van der Waals surface area contributed by atoms with Gasteiger partial charge in [0.25, 0.3) is 5.91 Å². The summed E-state index contributed by atoms with van der Waals surface area (Å²) in [5.41, 5.74) is 1.76. The van der Waals surface area contributed by atoms with Crippen LogP contribution < -0.4 is 10.6 Å². The number of nitrogens with one attached hydrogen (secondary N) is 2. The maximum Gasteiger partial charge on any atom is 0.356 e. The molecule has 1 atom stereocenters. The van der Waals surface area contributed by atoms with Gasteiger partial charge in [0.1, 0.15) is 18.0 Å².